The number of benzene rings is 1. The Kier molecular flexibility index (Phi) is 6.74. The Hall–Kier alpha value is -1.47. The number of urea groups is 1. The first kappa shape index (κ1) is 18.9. The van der Waals surface area contributed by atoms with Gasteiger partial charge in [-0.25, -0.2) is 4.79 Å². The second-order valence-electron chi connectivity index (χ2n) is 6.17. The number of carbonyl (C=O) groups excluding carboxylic acids is 1. The van der Waals surface area contributed by atoms with Crippen molar-refractivity contribution < 1.29 is 19.0 Å². The second-order valence-corrected chi connectivity index (χ2v) is 7.02. The minimum atomic E-state index is -0.128. The van der Waals surface area contributed by atoms with Crippen LogP contribution in [0.1, 0.15) is 20.3 Å². The van der Waals surface area contributed by atoms with Gasteiger partial charge in [0.25, 0.3) is 0 Å². The number of halogens is 1. The summed E-state index contributed by atoms with van der Waals surface area (Å²) in [4.78, 5) is 14.6. The summed E-state index contributed by atoms with van der Waals surface area (Å²) in [5, 5.41) is 2.96. The zero-order valence-corrected chi connectivity index (χ0v) is 16.2. The van der Waals surface area contributed by atoms with Crippen molar-refractivity contribution in [2.24, 2.45) is 5.92 Å². The highest BCUT2D eigenvalue weighted by Gasteiger charge is 2.28. The molecule has 1 atom stereocenters. The van der Waals surface area contributed by atoms with E-state index in [2.05, 4.69) is 35.1 Å². The van der Waals surface area contributed by atoms with Crippen LogP contribution in [0, 0.1) is 5.92 Å². The summed E-state index contributed by atoms with van der Waals surface area (Å²) in [5.74, 6) is 1.67. The lowest BCUT2D eigenvalue weighted by Crippen LogP contribution is -2.50. The molecule has 2 rings (SSSR count). The summed E-state index contributed by atoms with van der Waals surface area (Å²) in [7, 11) is 3.14. The van der Waals surface area contributed by atoms with Crippen LogP contribution < -0.4 is 14.8 Å². The number of nitrogens with zero attached hydrogens (tertiary/aromatic N) is 1. The standard InChI is InChI=1S/C17H25BrN2O4/c1-11(2)7-12-10-24-6-5-20(12)17(21)19-14-9-16(23-4)15(22-3)8-13(14)18/h8-9,11-12H,5-7,10H2,1-4H3,(H,19,21). The van der Waals surface area contributed by atoms with Crippen molar-refractivity contribution in [3.63, 3.8) is 0 Å². The summed E-state index contributed by atoms with van der Waals surface area (Å²) in [6.07, 6.45) is 0.917. The minimum absolute atomic E-state index is 0.0951. The molecule has 1 aromatic carbocycles. The SMILES string of the molecule is COc1cc(Br)c(NC(=O)N2CCOCC2CC(C)C)cc1OC. The van der Waals surface area contributed by atoms with Crippen molar-refractivity contribution in [1.82, 2.24) is 4.90 Å². The summed E-state index contributed by atoms with van der Waals surface area (Å²) in [5.41, 5.74) is 0.646. The molecule has 134 valence electrons. The zero-order chi connectivity index (χ0) is 17.7. The number of morpholine rings is 1. The number of hydrogen-bond acceptors (Lipinski definition) is 4. The van der Waals surface area contributed by atoms with E-state index in [1.165, 1.54) is 0 Å². The topological polar surface area (TPSA) is 60.0 Å². The fourth-order valence-electron chi connectivity index (χ4n) is 2.80. The molecule has 1 aliphatic rings. The van der Waals surface area contributed by atoms with Gasteiger partial charge in [0.2, 0.25) is 0 Å². The Morgan fingerprint density at radius 1 is 1.38 bits per heavy atom. The van der Waals surface area contributed by atoms with Crippen LogP contribution in [-0.2, 0) is 4.74 Å². The molecule has 1 fully saturated rings. The van der Waals surface area contributed by atoms with Gasteiger partial charge >= 0.3 is 6.03 Å². The number of rotatable bonds is 5. The Morgan fingerprint density at radius 3 is 2.67 bits per heavy atom. The second kappa shape index (κ2) is 8.58. The Labute approximate surface area is 151 Å². The van der Waals surface area contributed by atoms with E-state index in [9.17, 15) is 4.79 Å². The van der Waals surface area contributed by atoms with E-state index in [-0.39, 0.29) is 12.1 Å². The molecule has 6 nitrogen and oxygen atoms in total. The van der Waals surface area contributed by atoms with Crippen molar-refractivity contribution in [1.29, 1.82) is 0 Å². The first-order valence-corrected chi connectivity index (χ1v) is 8.82. The van der Waals surface area contributed by atoms with Gasteiger partial charge in [-0.3, -0.25) is 0 Å². The number of ether oxygens (including phenoxy) is 3. The van der Waals surface area contributed by atoms with Crippen molar-refractivity contribution in [3.8, 4) is 11.5 Å². The van der Waals surface area contributed by atoms with E-state index >= 15 is 0 Å². The van der Waals surface area contributed by atoms with Crippen LogP contribution >= 0.6 is 15.9 Å². The molecule has 1 saturated heterocycles. The van der Waals surface area contributed by atoms with Crippen LogP contribution in [0.4, 0.5) is 10.5 Å². The van der Waals surface area contributed by atoms with Gasteiger partial charge in [0.15, 0.2) is 11.5 Å². The third-order valence-corrected chi connectivity index (χ3v) is 4.60. The molecule has 0 radical (unpaired) electrons. The molecule has 0 aliphatic carbocycles. The number of amides is 2. The third-order valence-electron chi connectivity index (χ3n) is 3.95. The summed E-state index contributed by atoms with van der Waals surface area (Å²) >= 11 is 3.47. The molecule has 0 aromatic heterocycles. The molecule has 1 heterocycles. The van der Waals surface area contributed by atoms with Gasteiger partial charge < -0.3 is 24.4 Å². The Bertz CT molecular complexity index is 580. The summed E-state index contributed by atoms with van der Waals surface area (Å²) in [6.45, 7) is 6.03. The van der Waals surface area contributed by atoms with Crippen LogP contribution in [0.3, 0.4) is 0 Å². The van der Waals surface area contributed by atoms with Gasteiger partial charge in [0.1, 0.15) is 0 Å². The fourth-order valence-corrected chi connectivity index (χ4v) is 3.22. The van der Waals surface area contributed by atoms with Gasteiger partial charge in [-0.1, -0.05) is 13.8 Å². The molecule has 0 bridgehead atoms. The number of methoxy groups -OCH3 is 2. The van der Waals surface area contributed by atoms with E-state index in [1.807, 2.05) is 4.90 Å². The fraction of sp³-hybridized carbons (Fsp3) is 0.588. The predicted octanol–water partition coefficient (Wildman–Crippen LogP) is 3.75. The normalized spacial score (nSPS) is 17.8. The number of hydrogen-bond donors (Lipinski definition) is 1. The monoisotopic (exact) mass is 400 g/mol. The van der Waals surface area contributed by atoms with Crippen molar-refractivity contribution in [2.45, 2.75) is 26.3 Å². The molecular formula is C17H25BrN2O4. The molecule has 24 heavy (non-hydrogen) atoms. The molecule has 0 spiro atoms. The summed E-state index contributed by atoms with van der Waals surface area (Å²) in [6, 6.07) is 3.49. The maximum Gasteiger partial charge on any atom is 0.322 e. The van der Waals surface area contributed by atoms with Gasteiger partial charge in [-0.15, -0.1) is 0 Å². The minimum Gasteiger partial charge on any atom is -0.493 e. The maximum absolute atomic E-state index is 12.7. The lowest BCUT2D eigenvalue weighted by molar-refractivity contribution is 0.00857. The first-order chi connectivity index (χ1) is 11.5. The average molecular weight is 401 g/mol. The van der Waals surface area contributed by atoms with E-state index < -0.39 is 0 Å². The lowest BCUT2D eigenvalue weighted by atomic mass is 10.0. The van der Waals surface area contributed by atoms with Crippen LogP contribution in [0.2, 0.25) is 0 Å². The quantitative estimate of drug-likeness (QED) is 0.817. The lowest BCUT2D eigenvalue weighted by Gasteiger charge is -2.36. The van der Waals surface area contributed by atoms with Gasteiger partial charge in [-0.05, 0) is 28.3 Å². The number of carbonyl (C=O) groups is 1. The molecule has 2 amide bonds. The highest BCUT2D eigenvalue weighted by molar-refractivity contribution is 9.10. The van der Waals surface area contributed by atoms with Crippen molar-refractivity contribution in [3.05, 3.63) is 16.6 Å². The molecule has 1 aromatic rings. The van der Waals surface area contributed by atoms with Crippen LogP contribution in [0.15, 0.2) is 16.6 Å². The smallest absolute Gasteiger partial charge is 0.322 e. The highest BCUT2D eigenvalue weighted by atomic mass is 79.9. The van der Waals surface area contributed by atoms with Crippen molar-refractivity contribution >= 4 is 27.6 Å². The molecular weight excluding hydrogens is 376 g/mol. The number of nitrogens with one attached hydrogen (secondary N) is 1. The largest absolute Gasteiger partial charge is 0.493 e. The molecule has 1 unspecified atom stereocenters. The Morgan fingerprint density at radius 2 is 2.04 bits per heavy atom. The van der Waals surface area contributed by atoms with E-state index in [4.69, 9.17) is 14.2 Å². The van der Waals surface area contributed by atoms with E-state index in [0.29, 0.717) is 42.9 Å². The van der Waals surface area contributed by atoms with Crippen molar-refractivity contribution in [2.75, 3.05) is 39.3 Å². The van der Waals surface area contributed by atoms with E-state index in [0.717, 1.165) is 10.9 Å². The average Bonchev–Trinajstić information content (AvgIpc) is 2.56. The molecule has 1 aliphatic heterocycles. The van der Waals surface area contributed by atoms with Gasteiger partial charge in [0.05, 0.1) is 39.2 Å². The Balaban J connectivity index is 2.15. The van der Waals surface area contributed by atoms with Crippen LogP contribution in [0.25, 0.3) is 0 Å². The third kappa shape index (κ3) is 4.54. The summed E-state index contributed by atoms with van der Waals surface area (Å²) < 4.78 is 16.8. The van der Waals surface area contributed by atoms with Crippen LogP contribution in [0.5, 0.6) is 11.5 Å². The van der Waals surface area contributed by atoms with E-state index in [1.54, 1.807) is 26.4 Å². The van der Waals surface area contributed by atoms with Crippen LogP contribution in [-0.4, -0.2) is 51.0 Å². The van der Waals surface area contributed by atoms with Gasteiger partial charge in [-0.2, -0.15) is 0 Å². The first-order valence-electron chi connectivity index (χ1n) is 8.03. The molecule has 7 heteroatoms. The maximum atomic E-state index is 12.7. The number of anilines is 1. The predicted molar refractivity (Wildman–Crippen MR) is 97.0 cm³/mol. The molecule has 1 N–H and O–H groups in total. The zero-order valence-electron chi connectivity index (χ0n) is 14.6. The highest BCUT2D eigenvalue weighted by Crippen LogP contribution is 2.36. The van der Waals surface area contributed by atoms with Gasteiger partial charge in [0, 0.05) is 23.2 Å². The molecule has 0 saturated carbocycles.